The molecule has 1 fully saturated rings. The Labute approximate surface area is 140 Å². The molecule has 0 radical (unpaired) electrons. The van der Waals surface area contributed by atoms with Gasteiger partial charge in [0, 0.05) is 24.8 Å². The van der Waals surface area contributed by atoms with Gasteiger partial charge in [-0.25, -0.2) is 9.67 Å². The zero-order valence-corrected chi connectivity index (χ0v) is 13.6. The minimum absolute atomic E-state index is 0.0124. The summed E-state index contributed by atoms with van der Waals surface area (Å²) >= 11 is 0. The number of hydrogen-bond donors (Lipinski definition) is 1. The minimum atomic E-state index is 0.0124. The maximum Gasteiger partial charge on any atom is 0.252 e. The van der Waals surface area contributed by atoms with Crippen molar-refractivity contribution in [3.8, 4) is 6.07 Å². The van der Waals surface area contributed by atoms with E-state index in [-0.39, 0.29) is 18.3 Å². The van der Waals surface area contributed by atoms with E-state index in [2.05, 4.69) is 40.5 Å². The summed E-state index contributed by atoms with van der Waals surface area (Å²) in [5, 5.41) is 16.2. The third-order valence-corrected chi connectivity index (χ3v) is 4.17. The lowest BCUT2D eigenvalue weighted by Gasteiger charge is -2.33. The van der Waals surface area contributed by atoms with E-state index in [1.165, 1.54) is 16.6 Å². The van der Waals surface area contributed by atoms with Crippen LogP contribution in [0.15, 0.2) is 30.6 Å². The molecule has 0 aliphatic carbocycles. The highest BCUT2D eigenvalue weighted by Gasteiger charge is 2.23. The molecule has 1 aliphatic rings. The van der Waals surface area contributed by atoms with Gasteiger partial charge < -0.3 is 10.2 Å². The third-order valence-electron chi connectivity index (χ3n) is 4.17. The maximum atomic E-state index is 12.3. The summed E-state index contributed by atoms with van der Waals surface area (Å²) in [6.07, 6.45) is 3.25. The van der Waals surface area contributed by atoms with E-state index in [0.717, 1.165) is 31.6 Å². The first-order valence-corrected chi connectivity index (χ1v) is 8.04. The monoisotopic (exact) mass is 324 g/mol. The molecular weight excluding hydrogens is 304 g/mol. The molecule has 1 saturated heterocycles. The number of rotatable bonds is 4. The first kappa shape index (κ1) is 16.0. The van der Waals surface area contributed by atoms with Crippen molar-refractivity contribution in [3.05, 3.63) is 42.0 Å². The molecule has 1 aliphatic heterocycles. The summed E-state index contributed by atoms with van der Waals surface area (Å²) < 4.78 is 1.41. The number of piperidine rings is 1. The number of nitrogens with zero attached hydrogens (tertiary/aromatic N) is 5. The molecule has 1 aromatic carbocycles. The van der Waals surface area contributed by atoms with Crippen LogP contribution in [0.1, 0.15) is 24.2 Å². The lowest BCUT2D eigenvalue weighted by atomic mass is 10.0. The summed E-state index contributed by atoms with van der Waals surface area (Å²) in [6, 6.07) is 10.6. The highest BCUT2D eigenvalue weighted by atomic mass is 16.2. The van der Waals surface area contributed by atoms with Gasteiger partial charge in [-0.3, -0.25) is 4.79 Å². The molecule has 0 bridgehead atoms. The normalized spacial score (nSPS) is 15.1. The predicted molar refractivity (Wildman–Crippen MR) is 89.1 cm³/mol. The lowest BCUT2D eigenvalue weighted by molar-refractivity contribution is -0.133. The molecule has 7 nitrogen and oxygen atoms in total. The topological polar surface area (TPSA) is 86.8 Å². The number of likely N-dealkylation sites (tertiary alicyclic amines) is 1. The molecule has 1 aromatic heterocycles. The van der Waals surface area contributed by atoms with Crippen LogP contribution in [0.3, 0.4) is 0 Å². The molecule has 0 saturated carbocycles. The Hall–Kier alpha value is -2.88. The summed E-state index contributed by atoms with van der Waals surface area (Å²) in [5.41, 5.74) is 2.36. The number of aromatic nitrogens is 3. The molecule has 124 valence electrons. The number of nitriles is 1. The second-order valence-electron chi connectivity index (χ2n) is 6.05. The van der Waals surface area contributed by atoms with Gasteiger partial charge in [0.1, 0.15) is 18.9 Å². The average Bonchev–Trinajstić information content (AvgIpc) is 3.03. The number of anilines is 1. The molecule has 1 amide bonds. The van der Waals surface area contributed by atoms with Crippen LogP contribution in [-0.4, -0.2) is 44.7 Å². The van der Waals surface area contributed by atoms with Crippen molar-refractivity contribution in [2.75, 3.05) is 18.4 Å². The van der Waals surface area contributed by atoms with Gasteiger partial charge in [0.15, 0.2) is 0 Å². The molecule has 1 N–H and O–H groups in total. The largest absolute Gasteiger partial charge is 0.382 e. The van der Waals surface area contributed by atoms with Crippen LogP contribution in [0.2, 0.25) is 0 Å². The fourth-order valence-electron chi connectivity index (χ4n) is 2.90. The second kappa shape index (κ2) is 7.13. The number of carbonyl (C=O) groups is 1. The highest BCUT2D eigenvalue weighted by molar-refractivity contribution is 5.76. The molecular formula is C17H20N6O. The quantitative estimate of drug-likeness (QED) is 0.922. The van der Waals surface area contributed by atoms with Crippen LogP contribution >= 0.6 is 0 Å². The number of carbonyl (C=O) groups excluding carboxylic acids is 1. The molecule has 24 heavy (non-hydrogen) atoms. The van der Waals surface area contributed by atoms with Gasteiger partial charge in [-0.2, -0.15) is 5.26 Å². The van der Waals surface area contributed by atoms with Gasteiger partial charge in [0.2, 0.25) is 5.91 Å². The Bertz CT molecular complexity index is 754. The number of hydrogen-bond acceptors (Lipinski definition) is 5. The van der Waals surface area contributed by atoms with Gasteiger partial charge >= 0.3 is 0 Å². The van der Waals surface area contributed by atoms with Crippen LogP contribution < -0.4 is 5.32 Å². The number of aryl methyl sites for hydroxylation is 1. The molecule has 7 heteroatoms. The number of nitrogens with one attached hydrogen (secondary N) is 1. The van der Waals surface area contributed by atoms with Crippen molar-refractivity contribution < 1.29 is 4.79 Å². The predicted octanol–water partition coefficient (Wildman–Crippen LogP) is 1.56. The zero-order valence-electron chi connectivity index (χ0n) is 13.6. The van der Waals surface area contributed by atoms with Crippen LogP contribution in [0.4, 0.5) is 5.69 Å². The molecule has 3 rings (SSSR count). The Morgan fingerprint density at radius 2 is 2.21 bits per heavy atom. The van der Waals surface area contributed by atoms with Gasteiger partial charge in [-0.1, -0.05) is 12.1 Å². The van der Waals surface area contributed by atoms with Crippen molar-refractivity contribution >= 4 is 11.6 Å². The smallest absolute Gasteiger partial charge is 0.252 e. The van der Waals surface area contributed by atoms with Gasteiger partial charge in [-0.05, 0) is 37.5 Å². The SMILES string of the molecule is Cc1cccc(NC2CCN(C(=O)Cn3cnc(C#N)n3)CC2)c1. The van der Waals surface area contributed by atoms with E-state index in [4.69, 9.17) is 5.26 Å². The van der Waals surface area contributed by atoms with Crippen LogP contribution in [0.5, 0.6) is 0 Å². The van der Waals surface area contributed by atoms with Crippen molar-refractivity contribution in [2.24, 2.45) is 0 Å². The maximum absolute atomic E-state index is 12.3. The summed E-state index contributed by atoms with van der Waals surface area (Å²) in [6.45, 7) is 3.66. The highest BCUT2D eigenvalue weighted by Crippen LogP contribution is 2.17. The Morgan fingerprint density at radius 1 is 1.42 bits per heavy atom. The molecule has 0 atom stereocenters. The molecule has 0 spiro atoms. The average molecular weight is 324 g/mol. The van der Waals surface area contributed by atoms with Crippen molar-refractivity contribution in [1.29, 1.82) is 5.26 Å². The Balaban J connectivity index is 1.49. The zero-order chi connectivity index (χ0) is 16.9. The van der Waals surface area contributed by atoms with Gasteiger partial charge in [-0.15, -0.1) is 5.10 Å². The summed E-state index contributed by atoms with van der Waals surface area (Å²) in [4.78, 5) is 18.0. The first-order chi connectivity index (χ1) is 11.6. The molecule has 2 aromatic rings. The van der Waals surface area contributed by atoms with E-state index < -0.39 is 0 Å². The Morgan fingerprint density at radius 3 is 2.88 bits per heavy atom. The standard InChI is InChI=1S/C17H20N6O/c1-13-3-2-4-15(9-13)20-14-5-7-22(8-6-14)17(24)11-23-12-19-16(10-18)21-23/h2-4,9,12,14,20H,5-8,11H2,1H3. The van der Waals surface area contributed by atoms with E-state index >= 15 is 0 Å². The van der Waals surface area contributed by atoms with E-state index in [0.29, 0.717) is 6.04 Å². The van der Waals surface area contributed by atoms with Crippen LogP contribution in [-0.2, 0) is 11.3 Å². The van der Waals surface area contributed by atoms with Gasteiger partial charge in [0.05, 0.1) is 0 Å². The van der Waals surface area contributed by atoms with E-state index in [1.807, 2.05) is 17.0 Å². The van der Waals surface area contributed by atoms with Crippen LogP contribution in [0.25, 0.3) is 0 Å². The Kier molecular flexibility index (Phi) is 4.75. The van der Waals surface area contributed by atoms with Crippen LogP contribution in [0, 0.1) is 18.3 Å². The van der Waals surface area contributed by atoms with Crippen molar-refractivity contribution in [3.63, 3.8) is 0 Å². The first-order valence-electron chi connectivity index (χ1n) is 8.04. The summed E-state index contributed by atoms with van der Waals surface area (Å²) in [5.74, 6) is 0.0993. The molecule has 2 heterocycles. The number of amides is 1. The summed E-state index contributed by atoms with van der Waals surface area (Å²) in [7, 11) is 0. The number of benzene rings is 1. The molecule has 0 unspecified atom stereocenters. The third kappa shape index (κ3) is 3.90. The van der Waals surface area contributed by atoms with Gasteiger partial charge in [0.25, 0.3) is 5.82 Å². The second-order valence-corrected chi connectivity index (χ2v) is 6.05. The lowest BCUT2D eigenvalue weighted by Crippen LogP contribution is -2.43. The minimum Gasteiger partial charge on any atom is -0.382 e. The fraction of sp³-hybridized carbons (Fsp3) is 0.412. The fourth-order valence-corrected chi connectivity index (χ4v) is 2.90. The van der Waals surface area contributed by atoms with Crippen molar-refractivity contribution in [2.45, 2.75) is 32.4 Å². The van der Waals surface area contributed by atoms with E-state index in [9.17, 15) is 4.79 Å². The van der Waals surface area contributed by atoms with Crippen molar-refractivity contribution in [1.82, 2.24) is 19.7 Å². The van der Waals surface area contributed by atoms with E-state index in [1.54, 1.807) is 0 Å².